The zero-order chi connectivity index (χ0) is 19.4. The van der Waals surface area contributed by atoms with E-state index >= 15 is 0 Å². The van der Waals surface area contributed by atoms with Gasteiger partial charge in [-0.3, -0.25) is 4.98 Å². The summed E-state index contributed by atoms with van der Waals surface area (Å²) in [6.07, 6.45) is 3.79. The Balaban J connectivity index is 1.75. The number of aromatic nitrogens is 2. The van der Waals surface area contributed by atoms with E-state index in [0.29, 0.717) is 0 Å². The SMILES string of the molecule is Fc1ccc(C2c3ccccc3-c3c(-c4ccccc4)c4ccncc4n32)cc1. The van der Waals surface area contributed by atoms with Crippen molar-refractivity contribution in [1.82, 2.24) is 9.55 Å². The molecule has 138 valence electrons. The summed E-state index contributed by atoms with van der Waals surface area (Å²) < 4.78 is 16.0. The number of hydrogen-bond acceptors (Lipinski definition) is 1. The van der Waals surface area contributed by atoms with Gasteiger partial charge in [0.15, 0.2) is 0 Å². The van der Waals surface area contributed by atoms with E-state index in [0.717, 1.165) is 11.1 Å². The van der Waals surface area contributed by atoms with E-state index in [-0.39, 0.29) is 11.9 Å². The lowest BCUT2D eigenvalue weighted by Crippen LogP contribution is -2.07. The molecule has 1 aliphatic heterocycles. The Morgan fingerprint density at radius 3 is 2.38 bits per heavy atom. The predicted molar refractivity (Wildman–Crippen MR) is 114 cm³/mol. The highest BCUT2D eigenvalue weighted by molar-refractivity contribution is 6.06. The Bertz CT molecular complexity index is 1350. The van der Waals surface area contributed by atoms with Crippen LogP contribution in [0.2, 0.25) is 0 Å². The van der Waals surface area contributed by atoms with Crippen molar-refractivity contribution >= 4 is 10.9 Å². The minimum atomic E-state index is -0.218. The van der Waals surface area contributed by atoms with E-state index < -0.39 is 0 Å². The zero-order valence-electron chi connectivity index (χ0n) is 15.6. The molecule has 3 aromatic carbocycles. The second-order valence-corrected chi connectivity index (χ2v) is 7.39. The number of halogens is 1. The van der Waals surface area contributed by atoms with Gasteiger partial charge in [0.05, 0.1) is 23.4 Å². The van der Waals surface area contributed by atoms with Gasteiger partial charge in [0, 0.05) is 22.7 Å². The van der Waals surface area contributed by atoms with Crippen LogP contribution in [0.3, 0.4) is 0 Å². The molecule has 0 bridgehead atoms. The van der Waals surface area contributed by atoms with Crippen LogP contribution in [-0.4, -0.2) is 9.55 Å². The molecule has 0 N–H and O–H groups in total. The van der Waals surface area contributed by atoms with E-state index in [2.05, 4.69) is 64.1 Å². The van der Waals surface area contributed by atoms with Crippen LogP contribution in [0.25, 0.3) is 33.3 Å². The smallest absolute Gasteiger partial charge is 0.123 e. The first-order valence-electron chi connectivity index (χ1n) is 9.71. The first kappa shape index (κ1) is 16.3. The second-order valence-electron chi connectivity index (χ2n) is 7.39. The van der Waals surface area contributed by atoms with Crippen molar-refractivity contribution in [2.24, 2.45) is 0 Å². The lowest BCUT2D eigenvalue weighted by atomic mass is 9.93. The molecular formula is C26H17FN2. The summed E-state index contributed by atoms with van der Waals surface area (Å²) in [5.74, 6) is -0.218. The third-order valence-corrected chi connectivity index (χ3v) is 5.82. The first-order chi connectivity index (χ1) is 14.3. The van der Waals surface area contributed by atoms with Crippen molar-refractivity contribution < 1.29 is 4.39 Å². The van der Waals surface area contributed by atoms with Gasteiger partial charge in [-0.05, 0) is 34.9 Å². The van der Waals surface area contributed by atoms with Gasteiger partial charge >= 0.3 is 0 Å². The average Bonchev–Trinajstić information content (AvgIpc) is 3.28. The van der Waals surface area contributed by atoms with Crippen LogP contribution < -0.4 is 0 Å². The van der Waals surface area contributed by atoms with E-state index in [9.17, 15) is 4.39 Å². The van der Waals surface area contributed by atoms with Crippen LogP contribution in [-0.2, 0) is 0 Å². The Labute approximate surface area is 167 Å². The summed E-state index contributed by atoms with van der Waals surface area (Å²) in [6.45, 7) is 0. The Morgan fingerprint density at radius 2 is 1.55 bits per heavy atom. The molecular weight excluding hydrogens is 359 g/mol. The molecule has 0 saturated heterocycles. The molecule has 6 rings (SSSR count). The van der Waals surface area contributed by atoms with Crippen LogP contribution in [0, 0.1) is 5.82 Å². The molecule has 29 heavy (non-hydrogen) atoms. The van der Waals surface area contributed by atoms with Crippen molar-refractivity contribution in [2.45, 2.75) is 6.04 Å². The van der Waals surface area contributed by atoms with Gasteiger partial charge in [-0.25, -0.2) is 4.39 Å². The molecule has 0 radical (unpaired) electrons. The molecule has 1 unspecified atom stereocenters. The number of pyridine rings is 1. The molecule has 0 fully saturated rings. The number of nitrogens with zero attached hydrogens (tertiary/aromatic N) is 2. The molecule has 2 nitrogen and oxygen atoms in total. The lowest BCUT2D eigenvalue weighted by Gasteiger charge is -2.17. The molecule has 3 heterocycles. The lowest BCUT2D eigenvalue weighted by molar-refractivity contribution is 0.625. The van der Waals surface area contributed by atoms with Gasteiger partial charge in [0.2, 0.25) is 0 Å². The monoisotopic (exact) mass is 376 g/mol. The maximum atomic E-state index is 13.6. The molecule has 0 spiro atoms. The normalized spacial score (nSPS) is 14.7. The summed E-state index contributed by atoms with van der Waals surface area (Å²) in [6, 6.07) is 27.9. The van der Waals surface area contributed by atoms with Crippen molar-refractivity contribution in [3.05, 3.63) is 114 Å². The summed E-state index contributed by atoms with van der Waals surface area (Å²) >= 11 is 0. The zero-order valence-corrected chi connectivity index (χ0v) is 15.6. The number of rotatable bonds is 2. The highest BCUT2D eigenvalue weighted by atomic mass is 19.1. The van der Waals surface area contributed by atoms with Crippen LogP contribution in [0.15, 0.2) is 97.3 Å². The van der Waals surface area contributed by atoms with Gasteiger partial charge < -0.3 is 4.57 Å². The number of hydrogen-bond donors (Lipinski definition) is 0. The predicted octanol–water partition coefficient (Wildman–Crippen LogP) is 6.46. The molecule has 0 saturated carbocycles. The molecule has 1 aliphatic rings. The van der Waals surface area contributed by atoms with Gasteiger partial charge in [-0.2, -0.15) is 0 Å². The standard InChI is InChI=1S/C26H17FN2/c27-19-12-10-18(11-13-19)25-20-8-4-5-9-21(20)26-24(17-6-2-1-3-7-17)22-14-15-28-16-23(22)29(25)26/h1-16,25H. The van der Waals surface area contributed by atoms with Crippen molar-refractivity contribution in [2.75, 3.05) is 0 Å². The summed E-state index contributed by atoms with van der Waals surface area (Å²) in [7, 11) is 0. The second kappa shape index (κ2) is 6.14. The number of fused-ring (bicyclic) bond motifs is 5. The molecule has 2 aromatic heterocycles. The molecule has 0 aliphatic carbocycles. The van der Waals surface area contributed by atoms with Crippen LogP contribution >= 0.6 is 0 Å². The van der Waals surface area contributed by atoms with Crippen molar-refractivity contribution in [3.8, 4) is 22.4 Å². The van der Waals surface area contributed by atoms with Crippen LogP contribution in [0.5, 0.6) is 0 Å². The van der Waals surface area contributed by atoms with Gasteiger partial charge in [0.25, 0.3) is 0 Å². The minimum absolute atomic E-state index is 0.00837. The highest BCUT2D eigenvalue weighted by Gasteiger charge is 2.34. The quantitative estimate of drug-likeness (QED) is 0.339. The number of benzene rings is 3. The van der Waals surface area contributed by atoms with Gasteiger partial charge in [-0.15, -0.1) is 0 Å². The van der Waals surface area contributed by atoms with Crippen LogP contribution in [0.4, 0.5) is 4.39 Å². The van der Waals surface area contributed by atoms with E-state index in [1.54, 1.807) is 0 Å². The Hall–Kier alpha value is -3.72. The summed E-state index contributed by atoms with van der Waals surface area (Å²) in [4.78, 5) is 4.42. The fourth-order valence-electron chi connectivity index (χ4n) is 4.65. The van der Waals surface area contributed by atoms with Gasteiger partial charge in [-0.1, -0.05) is 66.7 Å². The molecule has 1 atom stereocenters. The van der Waals surface area contributed by atoms with E-state index in [1.807, 2.05) is 30.6 Å². The van der Waals surface area contributed by atoms with Crippen molar-refractivity contribution in [1.29, 1.82) is 0 Å². The fraction of sp³-hybridized carbons (Fsp3) is 0.0385. The largest absolute Gasteiger partial charge is 0.327 e. The van der Waals surface area contributed by atoms with E-state index in [1.165, 1.54) is 45.5 Å². The fourth-order valence-corrected chi connectivity index (χ4v) is 4.65. The Morgan fingerprint density at radius 1 is 0.793 bits per heavy atom. The van der Waals surface area contributed by atoms with E-state index in [4.69, 9.17) is 0 Å². The third kappa shape index (κ3) is 2.31. The molecule has 5 aromatic rings. The minimum Gasteiger partial charge on any atom is -0.327 e. The molecule has 3 heteroatoms. The summed E-state index contributed by atoms with van der Waals surface area (Å²) in [5, 5.41) is 1.18. The highest BCUT2D eigenvalue weighted by Crippen LogP contribution is 2.51. The maximum Gasteiger partial charge on any atom is 0.123 e. The Kier molecular flexibility index (Phi) is 3.44. The topological polar surface area (TPSA) is 17.8 Å². The average molecular weight is 376 g/mol. The first-order valence-corrected chi connectivity index (χ1v) is 9.71. The maximum absolute atomic E-state index is 13.6. The molecule has 0 amide bonds. The van der Waals surface area contributed by atoms with Crippen molar-refractivity contribution in [3.63, 3.8) is 0 Å². The van der Waals surface area contributed by atoms with Crippen LogP contribution in [0.1, 0.15) is 17.2 Å². The van der Waals surface area contributed by atoms with Gasteiger partial charge in [0.1, 0.15) is 5.82 Å². The third-order valence-electron chi connectivity index (χ3n) is 5.82. The summed E-state index contributed by atoms with van der Waals surface area (Å²) in [5.41, 5.74) is 8.22.